The number of rotatable bonds is 2. The molecule has 0 saturated carbocycles. The van der Waals surface area contributed by atoms with Crippen LogP contribution in [0.2, 0.25) is 0 Å². The molecule has 0 fully saturated rings. The number of fused-ring (bicyclic) bond motifs is 1. The summed E-state index contributed by atoms with van der Waals surface area (Å²) in [5.41, 5.74) is 0.707. The smallest absolute Gasteiger partial charge is 0.387 e. The van der Waals surface area contributed by atoms with E-state index >= 15 is 0 Å². The van der Waals surface area contributed by atoms with Crippen molar-refractivity contribution in [3.05, 3.63) is 22.4 Å². The SMILES string of the molecule is Cn1c(C(Cl)(Cl)Cl)nc2c(OC(F)F)cc(Br)cc21. The number of ether oxygens (including phenoxy) is 1. The van der Waals surface area contributed by atoms with Crippen molar-refractivity contribution >= 4 is 61.8 Å². The van der Waals surface area contributed by atoms with Crippen molar-refractivity contribution in [3.63, 3.8) is 0 Å². The molecule has 0 aliphatic carbocycles. The average Bonchev–Trinajstić information content (AvgIpc) is 2.55. The molecule has 1 heterocycles. The molecule has 0 aliphatic heterocycles. The van der Waals surface area contributed by atoms with Crippen molar-refractivity contribution in [2.75, 3.05) is 0 Å². The highest BCUT2D eigenvalue weighted by molar-refractivity contribution is 9.10. The Hall–Kier alpha value is -0.300. The van der Waals surface area contributed by atoms with Gasteiger partial charge >= 0.3 is 6.61 Å². The van der Waals surface area contributed by atoms with Gasteiger partial charge in [-0.25, -0.2) is 4.98 Å². The predicted molar refractivity (Wildman–Crippen MR) is 74.3 cm³/mol. The van der Waals surface area contributed by atoms with Crippen molar-refractivity contribution in [2.24, 2.45) is 7.05 Å². The summed E-state index contributed by atoms with van der Waals surface area (Å²) in [7, 11) is 1.62. The molecule has 3 nitrogen and oxygen atoms in total. The highest BCUT2D eigenvalue weighted by atomic mass is 79.9. The van der Waals surface area contributed by atoms with Crippen LogP contribution >= 0.6 is 50.7 Å². The van der Waals surface area contributed by atoms with Gasteiger partial charge in [-0.2, -0.15) is 8.78 Å². The predicted octanol–water partition coefficient (Wildman–Crippen LogP) is 4.76. The lowest BCUT2D eigenvalue weighted by molar-refractivity contribution is -0.0489. The van der Waals surface area contributed by atoms with Crippen LogP contribution in [0.5, 0.6) is 5.75 Å². The average molecular weight is 394 g/mol. The third-order valence-corrected chi connectivity index (χ3v) is 3.35. The molecule has 0 radical (unpaired) electrons. The highest BCUT2D eigenvalue weighted by Crippen LogP contribution is 2.40. The van der Waals surface area contributed by atoms with E-state index in [-0.39, 0.29) is 17.1 Å². The summed E-state index contributed by atoms with van der Waals surface area (Å²) in [5, 5.41) is 0. The van der Waals surface area contributed by atoms with E-state index in [1.165, 1.54) is 10.6 Å². The van der Waals surface area contributed by atoms with Gasteiger partial charge in [0, 0.05) is 11.5 Å². The minimum atomic E-state index is -2.96. The molecule has 0 spiro atoms. The van der Waals surface area contributed by atoms with Gasteiger partial charge in [0.1, 0.15) is 5.52 Å². The first-order valence-corrected chi connectivity index (χ1v) is 6.81. The molecule has 1 aromatic carbocycles. The fraction of sp³-hybridized carbons (Fsp3) is 0.300. The van der Waals surface area contributed by atoms with E-state index in [1.54, 1.807) is 13.1 Å². The van der Waals surface area contributed by atoms with E-state index in [0.717, 1.165) is 0 Å². The van der Waals surface area contributed by atoms with E-state index in [0.29, 0.717) is 9.99 Å². The number of hydrogen-bond acceptors (Lipinski definition) is 2. The van der Waals surface area contributed by atoms with Crippen LogP contribution < -0.4 is 4.74 Å². The zero-order valence-electron chi connectivity index (χ0n) is 9.30. The number of benzene rings is 1. The van der Waals surface area contributed by atoms with E-state index < -0.39 is 10.4 Å². The van der Waals surface area contributed by atoms with E-state index in [2.05, 4.69) is 25.7 Å². The number of alkyl halides is 5. The van der Waals surface area contributed by atoms with Gasteiger partial charge in [-0.05, 0) is 12.1 Å². The Morgan fingerprint density at radius 3 is 2.53 bits per heavy atom. The number of aromatic nitrogens is 2. The van der Waals surface area contributed by atoms with Crippen LogP contribution in [0.25, 0.3) is 11.0 Å². The molecule has 104 valence electrons. The van der Waals surface area contributed by atoms with Crippen molar-refractivity contribution in [2.45, 2.75) is 10.4 Å². The fourth-order valence-corrected chi connectivity index (χ4v) is 2.59. The largest absolute Gasteiger partial charge is 0.432 e. The van der Waals surface area contributed by atoms with E-state index in [1.807, 2.05) is 0 Å². The monoisotopic (exact) mass is 392 g/mol. The zero-order chi connectivity index (χ0) is 14.4. The van der Waals surface area contributed by atoms with Gasteiger partial charge < -0.3 is 9.30 Å². The van der Waals surface area contributed by atoms with Crippen molar-refractivity contribution < 1.29 is 13.5 Å². The summed E-state index contributed by atoms with van der Waals surface area (Å²) in [4.78, 5) is 4.07. The topological polar surface area (TPSA) is 27.1 Å². The van der Waals surface area contributed by atoms with Crippen molar-refractivity contribution in [1.29, 1.82) is 0 Å². The first-order valence-electron chi connectivity index (χ1n) is 4.88. The molecular formula is C10H6BrCl3F2N2O. The molecule has 0 unspecified atom stereocenters. The maximum absolute atomic E-state index is 12.4. The quantitative estimate of drug-likeness (QED) is 0.687. The maximum atomic E-state index is 12.4. The minimum absolute atomic E-state index is 0.0875. The molecule has 2 aromatic rings. The van der Waals surface area contributed by atoms with Gasteiger partial charge in [-0.1, -0.05) is 50.7 Å². The molecule has 0 bridgehead atoms. The summed E-state index contributed by atoms with van der Waals surface area (Å²) in [6.07, 6.45) is 0. The van der Waals surface area contributed by atoms with Gasteiger partial charge in [0.05, 0.1) is 5.52 Å². The Morgan fingerprint density at radius 1 is 1.37 bits per heavy atom. The van der Waals surface area contributed by atoms with E-state index in [4.69, 9.17) is 34.8 Å². The van der Waals surface area contributed by atoms with Gasteiger partial charge in [0.15, 0.2) is 11.6 Å². The second-order valence-corrected chi connectivity index (χ2v) is 6.84. The molecule has 19 heavy (non-hydrogen) atoms. The highest BCUT2D eigenvalue weighted by Gasteiger charge is 2.30. The van der Waals surface area contributed by atoms with Crippen LogP contribution in [0.3, 0.4) is 0 Å². The Labute approximate surface area is 130 Å². The third-order valence-electron chi connectivity index (χ3n) is 2.39. The minimum Gasteiger partial charge on any atom is -0.432 e. The molecule has 2 rings (SSSR count). The normalized spacial score (nSPS) is 12.4. The Morgan fingerprint density at radius 2 is 2.00 bits per heavy atom. The number of aryl methyl sites for hydroxylation is 1. The third kappa shape index (κ3) is 3.07. The molecule has 0 atom stereocenters. The van der Waals surface area contributed by atoms with Gasteiger partial charge in [-0.15, -0.1) is 0 Å². The number of imidazole rings is 1. The van der Waals surface area contributed by atoms with Crippen LogP contribution in [0.4, 0.5) is 8.78 Å². The summed E-state index contributed by atoms with van der Waals surface area (Å²) in [6.45, 7) is -2.96. The Balaban J connectivity index is 2.71. The standard InChI is InChI=1S/C10H6BrCl3F2N2O/c1-18-5-2-4(11)3-6(19-9(15)16)7(5)17-8(18)10(12,13)14/h2-3,9H,1H3. The van der Waals surface area contributed by atoms with Crippen molar-refractivity contribution in [1.82, 2.24) is 9.55 Å². The molecule has 0 amide bonds. The van der Waals surface area contributed by atoms with Crippen LogP contribution in [-0.2, 0) is 10.8 Å². The lowest BCUT2D eigenvalue weighted by Gasteiger charge is -2.09. The summed E-state index contributed by atoms with van der Waals surface area (Å²) in [5.74, 6) is 0.0280. The molecule has 0 aliphatic rings. The van der Waals surface area contributed by atoms with Crippen LogP contribution in [0.15, 0.2) is 16.6 Å². The van der Waals surface area contributed by atoms with E-state index in [9.17, 15) is 8.78 Å². The second-order valence-electron chi connectivity index (χ2n) is 3.64. The van der Waals surface area contributed by atoms with Crippen LogP contribution in [-0.4, -0.2) is 16.2 Å². The fourth-order valence-electron chi connectivity index (χ4n) is 1.66. The summed E-state index contributed by atoms with van der Waals surface area (Å²) in [6, 6.07) is 3.05. The van der Waals surface area contributed by atoms with Gasteiger partial charge in [-0.3, -0.25) is 0 Å². The molecule has 1 aromatic heterocycles. The molecule has 0 N–H and O–H groups in total. The second kappa shape index (κ2) is 5.24. The van der Waals surface area contributed by atoms with Crippen LogP contribution in [0, 0.1) is 0 Å². The molecular weight excluding hydrogens is 388 g/mol. The summed E-state index contributed by atoms with van der Waals surface area (Å²) < 4.78 is 29.5. The van der Waals surface area contributed by atoms with Gasteiger partial charge in [0.25, 0.3) is 0 Å². The lowest BCUT2D eigenvalue weighted by atomic mass is 10.3. The maximum Gasteiger partial charge on any atom is 0.387 e. The first kappa shape index (κ1) is 15.1. The van der Waals surface area contributed by atoms with Crippen LogP contribution in [0.1, 0.15) is 5.82 Å². The zero-order valence-corrected chi connectivity index (χ0v) is 13.2. The van der Waals surface area contributed by atoms with Crippen molar-refractivity contribution in [3.8, 4) is 5.75 Å². The molecule has 9 heteroatoms. The number of nitrogens with zero attached hydrogens (tertiary/aromatic N) is 2. The number of halogens is 6. The lowest BCUT2D eigenvalue weighted by Crippen LogP contribution is -2.08. The number of hydrogen-bond donors (Lipinski definition) is 0. The molecule has 0 saturated heterocycles. The summed E-state index contributed by atoms with van der Waals surface area (Å²) >= 11 is 20.5. The Kier molecular flexibility index (Phi) is 4.16. The van der Waals surface area contributed by atoms with Gasteiger partial charge in [0.2, 0.25) is 3.79 Å². The first-order chi connectivity index (χ1) is 8.70. The Bertz CT molecular complexity index is 627.